The van der Waals surface area contributed by atoms with Gasteiger partial charge in [-0.25, -0.2) is 9.78 Å². The summed E-state index contributed by atoms with van der Waals surface area (Å²) >= 11 is 0. The number of amides is 1. The van der Waals surface area contributed by atoms with Crippen LogP contribution in [0.25, 0.3) is 0 Å². The number of nitrogens with two attached hydrogens (primary N) is 1. The van der Waals surface area contributed by atoms with Crippen molar-refractivity contribution >= 4 is 11.9 Å². The Kier molecular flexibility index (Phi) is 5.31. The molecule has 0 aliphatic carbocycles. The molecule has 1 unspecified atom stereocenters. The number of H-pyrrole nitrogens is 1. The van der Waals surface area contributed by atoms with E-state index >= 15 is 0 Å². The number of aliphatic carboxylic acids is 1. The number of rotatable bonds is 7. The molecule has 0 bridgehead atoms. The van der Waals surface area contributed by atoms with Crippen LogP contribution in [0.15, 0.2) is 12.5 Å². The molecule has 100 valence electrons. The maximum absolute atomic E-state index is 11.6. The average molecular weight is 254 g/mol. The van der Waals surface area contributed by atoms with Crippen molar-refractivity contribution < 1.29 is 14.7 Å². The van der Waals surface area contributed by atoms with Crippen LogP contribution < -0.4 is 11.1 Å². The number of carbonyl (C=O) groups is 2. The summed E-state index contributed by atoms with van der Waals surface area (Å²) in [4.78, 5) is 29.2. The molecule has 1 rings (SSSR count). The predicted octanol–water partition coefficient (Wildman–Crippen LogP) is -0.493. The van der Waals surface area contributed by atoms with Gasteiger partial charge in [0.2, 0.25) is 5.91 Å². The fourth-order valence-electron chi connectivity index (χ4n) is 1.47. The topological polar surface area (TPSA) is 121 Å². The molecule has 18 heavy (non-hydrogen) atoms. The van der Waals surface area contributed by atoms with E-state index in [4.69, 9.17) is 10.8 Å². The summed E-state index contributed by atoms with van der Waals surface area (Å²) < 4.78 is 0. The zero-order valence-corrected chi connectivity index (χ0v) is 10.2. The number of nitrogens with zero attached hydrogens (tertiary/aromatic N) is 1. The summed E-state index contributed by atoms with van der Waals surface area (Å²) in [5.41, 5.74) is 6.07. The maximum atomic E-state index is 11.6. The van der Waals surface area contributed by atoms with E-state index in [0.29, 0.717) is 12.2 Å². The minimum absolute atomic E-state index is 0.0339. The van der Waals surface area contributed by atoms with E-state index in [2.05, 4.69) is 15.3 Å². The van der Waals surface area contributed by atoms with Crippen LogP contribution >= 0.6 is 0 Å². The van der Waals surface area contributed by atoms with Crippen LogP contribution in [-0.2, 0) is 16.0 Å². The number of aromatic nitrogens is 2. The van der Waals surface area contributed by atoms with E-state index in [-0.39, 0.29) is 24.7 Å². The highest BCUT2D eigenvalue weighted by Crippen LogP contribution is 2.02. The molecular weight excluding hydrogens is 236 g/mol. The highest BCUT2D eigenvalue weighted by atomic mass is 16.4. The number of hydrogen-bond donors (Lipinski definition) is 4. The third-order valence-electron chi connectivity index (χ3n) is 2.55. The molecule has 0 saturated carbocycles. The number of carboxylic acid groups (broad SMARTS) is 1. The van der Waals surface area contributed by atoms with Gasteiger partial charge in [-0.05, 0) is 12.5 Å². The Morgan fingerprint density at radius 2 is 2.33 bits per heavy atom. The highest BCUT2D eigenvalue weighted by Gasteiger charge is 2.21. The molecule has 0 radical (unpaired) electrons. The predicted molar refractivity (Wildman–Crippen MR) is 64.7 cm³/mol. The van der Waals surface area contributed by atoms with Crippen LogP contribution in [0.1, 0.15) is 19.0 Å². The number of hydrogen-bond acceptors (Lipinski definition) is 4. The lowest BCUT2D eigenvalue weighted by atomic mass is 10.1. The summed E-state index contributed by atoms with van der Waals surface area (Å²) in [5.74, 6) is -1.34. The van der Waals surface area contributed by atoms with Gasteiger partial charge in [0.15, 0.2) is 0 Å². The van der Waals surface area contributed by atoms with Crippen molar-refractivity contribution in [3.63, 3.8) is 0 Å². The van der Waals surface area contributed by atoms with Gasteiger partial charge in [-0.2, -0.15) is 0 Å². The molecule has 7 nitrogen and oxygen atoms in total. The molecule has 2 atom stereocenters. The van der Waals surface area contributed by atoms with Gasteiger partial charge in [0.05, 0.1) is 6.33 Å². The zero-order valence-electron chi connectivity index (χ0n) is 10.2. The van der Waals surface area contributed by atoms with Crippen LogP contribution in [0, 0.1) is 5.92 Å². The monoisotopic (exact) mass is 254 g/mol. The van der Waals surface area contributed by atoms with E-state index in [1.165, 1.54) is 12.5 Å². The summed E-state index contributed by atoms with van der Waals surface area (Å²) in [7, 11) is 0. The van der Waals surface area contributed by atoms with Gasteiger partial charge in [0.25, 0.3) is 0 Å². The minimum atomic E-state index is -1.07. The van der Waals surface area contributed by atoms with Crippen LogP contribution in [-0.4, -0.2) is 39.5 Å². The first-order valence-corrected chi connectivity index (χ1v) is 5.72. The van der Waals surface area contributed by atoms with Gasteiger partial charge in [-0.15, -0.1) is 0 Å². The molecule has 1 heterocycles. The number of imidazole rings is 1. The third-order valence-corrected chi connectivity index (χ3v) is 2.55. The van der Waals surface area contributed by atoms with E-state index < -0.39 is 12.0 Å². The van der Waals surface area contributed by atoms with E-state index in [1.54, 1.807) is 0 Å². The van der Waals surface area contributed by atoms with Gasteiger partial charge in [-0.3, -0.25) is 4.79 Å². The molecule has 0 aliphatic rings. The smallest absolute Gasteiger partial charge is 0.326 e. The number of carbonyl (C=O) groups excluding carboxylic acids is 1. The van der Waals surface area contributed by atoms with E-state index in [9.17, 15) is 9.59 Å². The van der Waals surface area contributed by atoms with Crippen LogP contribution in [0.4, 0.5) is 0 Å². The Bertz CT molecular complexity index is 391. The molecular formula is C11H18N4O3. The summed E-state index contributed by atoms with van der Waals surface area (Å²) in [6.07, 6.45) is 3.40. The lowest BCUT2D eigenvalue weighted by molar-refractivity contribution is -0.141. The zero-order chi connectivity index (χ0) is 13.5. The molecule has 1 aromatic heterocycles. The first kappa shape index (κ1) is 14.2. The van der Waals surface area contributed by atoms with Crippen molar-refractivity contribution in [2.45, 2.75) is 25.8 Å². The van der Waals surface area contributed by atoms with Crippen molar-refractivity contribution in [1.29, 1.82) is 0 Å². The van der Waals surface area contributed by atoms with Gasteiger partial charge >= 0.3 is 5.97 Å². The van der Waals surface area contributed by atoms with Gasteiger partial charge in [-0.1, -0.05) is 6.92 Å². The minimum Gasteiger partial charge on any atom is -0.480 e. The SMILES string of the molecule is CC(CN)CC(=O)N[C@@H](Cc1cnc[nH]1)C(=O)O. The average Bonchev–Trinajstić information content (AvgIpc) is 2.80. The summed E-state index contributed by atoms with van der Waals surface area (Å²) in [6, 6.07) is -0.956. The molecule has 1 amide bonds. The molecule has 0 spiro atoms. The maximum Gasteiger partial charge on any atom is 0.326 e. The standard InChI is InChI=1S/C11H18N4O3/c1-7(4-12)2-10(16)15-9(11(17)18)3-8-5-13-6-14-8/h5-7,9H,2-4,12H2,1H3,(H,13,14)(H,15,16)(H,17,18)/t7?,9-/m0/s1. The Balaban J connectivity index is 2.53. The van der Waals surface area contributed by atoms with Gasteiger partial charge in [0, 0.05) is 24.7 Å². The quantitative estimate of drug-likeness (QED) is 0.523. The fourth-order valence-corrected chi connectivity index (χ4v) is 1.47. The first-order chi connectivity index (χ1) is 8.52. The molecule has 5 N–H and O–H groups in total. The Morgan fingerprint density at radius 1 is 1.61 bits per heavy atom. The molecule has 0 aliphatic heterocycles. The van der Waals surface area contributed by atoms with Gasteiger partial charge in [0.1, 0.15) is 6.04 Å². The Labute approximate surface area is 105 Å². The third kappa shape index (κ3) is 4.54. The Hall–Kier alpha value is -1.89. The van der Waals surface area contributed by atoms with Crippen molar-refractivity contribution in [2.75, 3.05) is 6.54 Å². The number of carboxylic acids is 1. The fraction of sp³-hybridized carbons (Fsp3) is 0.545. The largest absolute Gasteiger partial charge is 0.480 e. The van der Waals surface area contributed by atoms with E-state index in [1.807, 2.05) is 6.92 Å². The molecule has 0 fully saturated rings. The molecule has 7 heteroatoms. The van der Waals surface area contributed by atoms with Gasteiger partial charge < -0.3 is 21.1 Å². The van der Waals surface area contributed by atoms with Crippen LogP contribution in [0.5, 0.6) is 0 Å². The first-order valence-electron chi connectivity index (χ1n) is 5.72. The molecule has 1 aromatic rings. The lowest BCUT2D eigenvalue weighted by Gasteiger charge is -2.15. The van der Waals surface area contributed by atoms with Crippen LogP contribution in [0.2, 0.25) is 0 Å². The van der Waals surface area contributed by atoms with Crippen molar-refractivity contribution in [3.05, 3.63) is 18.2 Å². The van der Waals surface area contributed by atoms with Crippen molar-refractivity contribution in [2.24, 2.45) is 11.7 Å². The number of nitrogens with one attached hydrogen (secondary N) is 2. The second-order valence-electron chi connectivity index (χ2n) is 4.28. The molecule has 0 aromatic carbocycles. The second-order valence-corrected chi connectivity index (χ2v) is 4.28. The highest BCUT2D eigenvalue weighted by molar-refractivity contribution is 5.83. The van der Waals surface area contributed by atoms with Crippen LogP contribution in [0.3, 0.4) is 0 Å². The lowest BCUT2D eigenvalue weighted by Crippen LogP contribution is -2.43. The van der Waals surface area contributed by atoms with Crippen molar-refractivity contribution in [3.8, 4) is 0 Å². The Morgan fingerprint density at radius 3 is 2.83 bits per heavy atom. The normalized spacial score (nSPS) is 13.9. The number of aromatic amines is 1. The summed E-state index contributed by atoms with van der Waals surface area (Å²) in [5, 5.41) is 11.5. The van der Waals surface area contributed by atoms with E-state index in [0.717, 1.165) is 0 Å². The van der Waals surface area contributed by atoms with Crippen molar-refractivity contribution in [1.82, 2.24) is 15.3 Å². The second kappa shape index (κ2) is 6.75. The summed E-state index contributed by atoms with van der Waals surface area (Å²) in [6.45, 7) is 2.23. The molecule has 0 saturated heterocycles.